The fraction of sp³-hybridized carbons (Fsp3) is 0.786. The van der Waals surface area contributed by atoms with Gasteiger partial charge in [0.25, 0.3) is 0 Å². The van der Waals surface area contributed by atoms with Gasteiger partial charge >= 0.3 is 0 Å². The van der Waals surface area contributed by atoms with Crippen molar-refractivity contribution in [3.8, 4) is 0 Å². The van der Waals surface area contributed by atoms with E-state index in [9.17, 15) is 0 Å². The molecule has 1 aromatic heterocycles. The Kier molecular flexibility index (Phi) is 3.97. The molecule has 1 unspecified atom stereocenters. The molecule has 3 nitrogen and oxygen atoms in total. The zero-order valence-corrected chi connectivity index (χ0v) is 13.0. The van der Waals surface area contributed by atoms with Crippen LogP contribution in [0.1, 0.15) is 50.2 Å². The summed E-state index contributed by atoms with van der Waals surface area (Å²) in [5, 5.41) is 4.51. The number of aryl methyl sites for hydroxylation is 1. The molecule has 1 N–H and O–H groups in total. The molecular weight excluding hydrogens is 242 g/mol. The minimum absolute atomic E-state index is 0.397. The smallest absolute Gasteiger partial charge is 0.185 e. The summed E-state index contributed by atoms with van der Waals surface area (Å²) < 4.78 is 0. The van der Waals surface area contributed by atoms with Crippen LogP contribution in [0.2, 0.25) is 0 Å². The topological polar surface area (TPSA) is 28.2 Å². The number of aromatic nitrogens is 1. The van der Waals surface area contributed by atoms with E-state index in [1.807, 2.05) is 18.4 Å². The van der Waals surface area contributed by atoms with Crippen molar-refractivity contribution < 1.29 is 0 Å². The van der Waals surface area contributed by atoms with Crippen molar-refractivity contribution >= 4 is 16.5 Å². The zero-order valence-electron chi connectivity index (χ0n) is 12.2. The summed E-state index contributed by atoms with van der Waals surface area (Å²) in [6, 6.07) is 0.397. The Bertz CT molecular complexity index is 411. The van der Waals surface area contributed by atoms with E-state index in [2.05, 4.69) is 37.9 Å². The monoisotopic (exact) mass is 267 g/mol. The highest BCUT2D eigenvalue weighted by Gasteiger charge is 2.28. The summed E-state index contributed by atoms with van der Waals surface area (Å²) in [5.41, 5.74) is 1.60. The number of piperidine rings is 1. The third-order valence-corrected chi connectivity index (χ3v) is 5.22. The lowest BCUT2D eigenvalue weighted by Gasteiger charge is -2.37. The summed E-state index contributed by atoms with van der Waals surface area (Å²) >= 11 is 1.85. The number of hydrogen-bond donors (Lipinski definition) is 1. The quantitative estimate of drug-likeness (QED) is 0.910. The molecule has 0 spiro atoms. The Hall–Kier alpha value is -0.610. The highest BCUT2D eigenvalue weighted by molar-refractivity contribution is 7.15. The first-order valence-electron chi connectivity index (χ1n) is 6.82. The molecule has 0 bridgehead atoms. The molecule has 0 aliphatic carbocycles. The van der Waals surface area contributed by atoms with Gasteiger partial charge in [0.15, 0.2) is 5.13 Å². The molecule has 0 radical (unpaired) electrons. The number of rotatable bonds is 3. The molecule has 0 amide bonds. The van der Waals surface area contributed by atoms with Crippen LogP contribution in [0, 0.1) is 12.3 Å². The van der Waals surface area contributed by atoms with Crippen LogP contribution >= 0.6 is 11.3 Å². The van der Waals surface area contributed by atoms with Gasteiger partial charge in [0.1, 0.15) is 0 Å². The minimum Gasteiger partial charge on any atom is -0.348 e. The van der Waals surface area contributed by atoms with Crippen molar-refractivity contribution in [3.05, 3.63) is 10.6 Å². The molecular formula is C14H25N3S. The van der Waals surface area contributed by atoms with Gasteiger partial charge in [0, 0.05) is 24.0 Å². The highest BCUT2D eigenvalue weighted by atomic mass is 32.1. The Balaban J connectivity index is 2.19. The first-order valence-corrected chi connectivity index (χ1v) is 7.64. The molecule has 18 heavy (non-hydrogen) atoms. The second-order valence-corrected chi connectivity index (χ2v) is 7.15. The molecule has 2 heterocycles. The van der Waals surface area contributed by atoms with Crippen LogP contribution in [0.15, 0.2) is 0 Å². The van der Waals surface area contributed by atoms with E-state index < -0.39 is 0 Å². The zero-order chi connectivity index (χ0) is 13.3. The Morgan fingerprint density at radius 3 is 2.78 bits per heavy atom. The highest BCUT2D eigenvalue weighted by Crippen LogP contribution is 2.36. The normalized spacial score (nSPS) is 21.1. The van der Waals surface area contributed by atoms with E-state index >= 15 is 0 Å². The summed E-state index contributed by atoms with van der Waals surface area (Å²) in [5.74, 6) is 0. The van der Waals surface area contributed by atoms with Gasteiger partial charge in [0.2, 0.25) is 0 Å². The molecule has 1 aromatic rings. The fourth-order valence-corrected chi connectivity index (χ4v) is 3.80. The van der Waals surface area contributed by atoms with Crippen molar-refractivity contribution in [2.45, 2.75) is 46.6 Å². The Morgan fingerprint density at radius 2 is 2.17 bits per heavy atom. The second-order valence-electron chi connectivity index (χ2n) is 6.15. The molecule has 1 saturated heterocycles. The third-order valence-electron chi connectivity index (χ3n) is 3.82. The van der Waals surface area contributed by atoms with E-state index in [1.54, 1.807) is 0 Å². The second kappa shape index (κ2) is 5.17. The summed E-state index contributed by atoms with van der Waals surface area (Å²) in [7, 11) is 2.01. The van der Waals surface area contributed by atoms with Gasteiger partial charge in [-0.3, -0.25) is 0 Å². The molecule has 4 heteroatoms. The third kappa shape index (κ3) is 2.86. The lowest BCUT2D eigenvalue weighted by molar-refractivity contribution is 0.293. The Labute approximate surface area is 115 Å². The number of hydrogen-bond acceptors (Lipinski definition) is 4. The molecule has 1 aliphatic heterocycles. The van der Waals surface area contributed by atoms with Gasteiger partial charge in [-0.25, -0.2) is 4.98 Å². The van der Waals surface area contributed by atoms with E-state index in [4.69, 9.17) is 4.98 Å². The lowest BCUT2D eigenvalue weighted by atomic mass is 9.84. The predicted molar refractivity (Wildman–Crippen MR) is 79.6 cm³/mol. The average Bonchev–Trinajstić information content (AvgIpc) is 2.69. The van der Waals surface area contributed by atoms with Crippen LogP contribution in [0.5, 0.6) is 0 Å². The number of thiazole rings is 1. The maximum Gasteiger partial charge on any atom is 0.185 e. The molecule has 1 atom stereocenters. The molecule has 1 fully saturated rings. The van der Waals surface area contributed by atoms with Gasteiger partial charge in [0.05, 0.1) is 5.69 Å². The number of anilines is 1. The molecule has 2 rings (SSSR count). The Morgan fingerprint density at radius 1 is 1.44 bits per heavy atom. The standard InChI is InChI=1S/C14H25N3S/c1-10(15-5)12-11(2)16-13(18-12)17-8-6-7-14(3,4)9-17/h10,15H,6-9H2,1-5H3. The first-order chi connectivity index (χ1) is 8.43. The summed E-state index contributed by atoms with van der Waals surface area (Å²) in [6.45, 7) is 11.3. The van der Waals surface area contributed by atoms with Gasteiger partial charge < -0.3 is 10.2 Å². The van der Waals surface area contributed by atoms with Gasteiger partial charge in [-0.1, -0.05) is 13.8 Å². The largest absolute Gasteiger partial charge is 0.348 e. The first kappa shape index (κ1) is 13.8. The SMILES string of the molecule is CNC(C)c1sc(N2CCCC(C)(C)C2)nc1C. The number of nitrogens with zero attached hydrogens (tertiary/aromatic N) is 2. The van der Waals surface area contributed by atoms with Crippen molar-refractivity contribution in [1.82, 2.24) is 10.3 Å². The van der Waals surface area contributed by atoms with Crippen LogP contribution in [0.25, 0.3) is 0 Å². The molecule has 0 aromatic carbocycles. The average molecular weight is 267 g/mol. The molecule has 102 valence electrons. The van der Waals surface area contributed by atoms with Crippen LogP contribution in [-0.2, 0) is 0 Å². The van der Waals surface area contributed by atoms with E-state index in [0.29, 0.717) is 11.5 Å². The lowest BCUT2D eigenvalue weighted by Crippen LogP contribution is -2.40. The van der Waals surface area contributed by atoms with Gasteiger partial charge in [-0.05, 0) is 39.2 Å². The predicted octanol–water partition coefficient (Wildman–Crippen LogP) is 3.36. The van der Waals surface area contributed by atoms with Crippen molar-refractivity contribution in [2.24, 2.45) is 5.41 Å². The minimum atomic E-state index is 0.397. The van der Waals surface area contributed by atoms with Crippen LogP contribution in [-0.4, -0.2) is 25.1 Å². The molecule has 0 saturated carbocycles. The summed E-state index contributed by atoms with van der Waals surface area (Å²) in [4.78, 5) is 8.61. The van der Waals surface area contributed by atoms with Crippen molar-refractivity contribution in [1.29, 1.82) is 0 Å². The van der Waals surface area contributed by atoms with Gasteiger partial charge in [-0.15, -0.1) is 11.3 Å². The van der Waals surface area contributed by atoms with Crippen molar-refractivity contribution in [3.63, 3.8) is 0 Å². The van der Waals surface area contributed by atoms with E-state index in [0.717, 1.165) is 13.1 Å². The van der Waals surface area contributed by atoms with Gasteiger partial charge in [-0.2, -0.15) is 0 Å². The van der Waals surface area contributed by atoms with E-state index in [1.165, 1.54) is 28.5 Å². The van der Waals surface area contributed by atoms with Crippen LogP contribution < -0.4 is 10.2 Å². The molecule has 1 aliphatic rings. The van der Waals surface area contributed by atoms with Crippen LogP contribution in [0.3, 0.4) is 0 Å². The number of nitrogens with one attached hydrogen (secondary N) is 1. The maximum absolute atomic E-state index is 4.77. The van der Waals surface area contributed by atoms with Crippen molar-refractivity contribution in [2.75, 3.05) is 25.0 Å². The maximum atomic E-state index is 4.77. The van der Waals surface area contributed by atoms with E-state index in [-0.39, 0.29) is 0 Å². The fourth-order valence-electron chi connectivity index (χ4n) is 2.65. The van der Waals surface area contributed by atoms with Crippen LogP contribution in [0.4, 0.5) is 5.13 Å². The summed E-state index contributed by atoms with van der Waals surface area (Å²) in [6.07, 6.45) is 2.61.